The van der Waals surface area contributed by atoms with Crippen LogP contribution >= 0.6 is 0 Å². The Morgan fingerprint density at radius 2 is 2.05 bits per heavy atom. The number of amides is 1. The van der Waals surface area contributed by atoms with Crippen LogP contribution in [0.25, 0.3) is 5.52 Å². The normalized spacial score (nSPS) is 13.0. The first-order valence-electron chi connectivity index (χ1n) is 6.59. The molecule has 1 N–H and O–H groups in total. The SMILES string of the molecule is C[C@H](NC(=O)c1cnn2ccncc12)C(=O)OC(C)(C)C. The van der Waals surface area contributed by atoms with Gasteiger partial charge in [-0.3, -0.25) is 9.78 Å². The summed E-state index contributed by atoms with van der Waals surface area (Å²) >= 11 is 0. The van der Waals surface area contributed by atoms with Crippen molar-refractivity contribution in [3.05, 3.63) is 30.4 Å². The minimum atomic E-state index is -0.747. The van der Waals surface area contributed by atoms with Gasteiger partial charge < -0.3 is 10.1 Å². The minimum absolute atomic E-state index is 0.360. The van der Waals surface area contributed by atoms with Gasteiger partial charge in [-0.2, -0.15) is 5.10 Å². The van der Waals surface area contributed by atoms with Crippen LogP contribution in [-0.4, -0.2) is 38.1 Å². The van der Waals surface area contributed by atoms with Crippen molar-refractivity contribution in [2.24, 2.45) is 0 Å². The minimum Gasteiger partial charge on any atom is -0.458 e. The van der Waals surface area contributed by atoms with Gasteiger partial charge in [-0.15, -0.1) is 0 Å². The van der Waals surface area contributed by atoms with E-state index in [1.165, 1.54) is 6.20 Å². The summed E-state index contributed by atoms with van der Waals surface area (Å²) < 4.78 is 6.76. The lowest BCUT2D eigenvalue weighted by atomic mass is 10.2. The van der Waals surface area contributed by atoms with Crippen molar-refractivity contribution < 1.29 is 14.3 Å². The smallest absolute Gasteiger partial charge is 0.328 e. The van der Waals surface area contributed by atoms with E-state index in [-0.39, 0.29) is 0 Å². The largest absolute Gasteiger partial charge is 0.458 e. The number of fused-ring (bicyclic) bond motifs is 1. The topological polar surface area (TPSA) is 85.6 Å². The highest BCUT2D eigenvalue weighted by atomic mass is 16.6. The van der Waals surface area contributed by atoms with Crippen molar-refractivity contribution in [3.8, 4) is 0 Å². The van der Waals surface area contributed by atoms with Crippen molar-refractivity contribution >= 4 is 17.4 Å². The van der Waals surface area contributed by atoms with Gasteiger partial charge in [0.25, 0.3) is 5.91 Å². The summed E-state index contributed by atoms with van der Waals surface area (Å²) in [7, 11) is 0. The molecule has 21 heavy (non-hydrogen) atoms. The Labute approximate surface area is 122 Å². The summed E-state index contributed by atoms with van der Waals surface area (Å²) in [6, 6.07) is -0.747. The molecule has 2 aromatic heterocycles. The lowest BCUT2D eigenvalue weighted by molar-refractivity contribution is -0.156. The molecule has 0 aliphatic carbocycles. The summed E-state index contributed by atoms with van der Waals surface area (Å²) in [5.41, 5.74) is 0.342. The lowest BCUT2D eigenvalue weighted by Crippen LogP contribution is -2.42. The second-order valence-electron chi connectivity index (χ2n) is 5.69. The maximum Gasteiger partial charge on any atom is 0.328 e. The van der Waals surface area contributed by atoms with Gasteiger partial charge in [0.05, 0.1) is 23.5 Å². The van der Waals surface area contributed by atoms with Crippen LogP contribution in [0.15, 0.2) is 24.8 Å². The Morgan fingerprint density at radius 3 is 2.71 bits per heavy atom. The number of hydrogen-bond acceptors (Lipinski definition) is 5. The molecule has 0 aliphatic heterocycles. The molecule has 0 aromatic carbocycles. The van der Waals surface area contributed by atoms with Crippen LogP contribution in [0.5, 0.6) is 0 Å². The number of nitrogens with one attached hydrogen (secondary N) is 1. The lowest BCUT2D eigenvalue weighted by Gasteiger charge is -2.22. The highest BCUT2D eigenvalue weighted by Crippen LogP contribution is 2.11. The number of carbonyl (C=O) groups is 2. The molecular weight excluding hydrogens is 272 g/mol. The summed E-state index contributed by atoms with van der Waals surface area (Å²) in [5.74, 6) is -0.873. The van der Waals surface area contributed by atoms with E-state index in [2.05, 4.69) is 15.4 Å². The number of ether oxygens (including phenoxy) is 1. The van der Waals surface area contributed by atoms with E-state index in [0.717, 1.165) is 0 Å². The Hall–Kier alpha value is -2.44. The highest BCUT2D eigenvalue weighted by molar-refractivity contribution is 6.02. The molecular formula is C14H18N4O3. The van der Waals surface area contributed by atoms with Crippen LogP contribution in [0, 0.1) is 0 Å². The Morgan fingerprint density at radius 1 is 1.33 bits per heavy atom. The van der Waals surface area contributed by atoms with Crippen molar-refractivity contribution in [2.45, 2.75) is 39.3 Å². The van der Waals surface area contributed by atoms with Crippen molar-refractivity contribution in [2.75, 3.05) is 0 Å². The zero-order chi connectivity index (χ0) is 15.6. The first kappa shape index (κ1) is 15.0. The number of esters is 1. The summed E-state index contributed by atoms with van der Waals surface area (Å²) in [4.78, 5) is 28.0. The molecule has 1 amide bonds. The van der Waals surface area contributed by atoms with E-state index < -0.39 is 23.5 Å². The van der Waals surface area contributed by atoms with Crippen LogP contribution in [-0.2, 0) is 9.53 Å². The van der Waals surface area contributed by atoms with Gasteiger partial charge in [-0.05, 0) is 27.7 Å². The highest BCUT2D eigenvalue weighted by Gasteiger charge is 2.24. The van der Waals surface area contributed by atoms with Crippen LogP contribution < -0.4 is 5.32 Å². The predicted molar refractivity (Wildman–Crippen MR) is 75.8 cm³/mol. The molecule has 7 heteroatoms. The van der Waals surface area contributed by atoms with E-state index in [0.29, 0.717) is 11.1 Å². The number of aromatic nitrogens is 3. The zero-order valence-corrected chi connectivity index (χ0v) is 12.5. The Balaban J connectivity index is 2.09. The third-order valence-corrected chi connectivity index (χ3v) is 2.68. The third-order valence-electron chi connectivity index (χ3n) is 2.68. The standard InChI is InChI=1S/C14H18N4O3/c1-9(13(20)21-14(2,3)4)17-12(19)10-7-16-18-6-5-15-8-11(10)18/h5-9H,1-4H3,(H,17,19)/t9-/m0/s1. The van der Waals surface area contributed by atoms with Gasteiger partial charge >= 0.3 is 5.97 Å². The van der Waals surface area contributed by atoms with Crippen molar-refractivity contribution in [1.29, 1.82) is 0 Å². The Bertz CT molecular complexity index is 672. The second kappa shape index (κ2) is 5.51. The molecule has 0 fully saturated rings. The molecule has 2 heterocycles. The summed E-state index contributed by atoms with van der Waals surface area (Å²) in [6.07, 6.45) is 6.20. The fourth-order valence-electron chi connectivity index (χ4n) is 1.73. The van der Waals surface area contributed by atoms with Crippen LogP contribution in [0.3, 0.4) is 0 Å². The van der Waals surface area contributed by atoms with Gasteiger partial charge in [-0.1, -0.05) is 0 Å². The van der Waals surface area contributed by atoms with Gasteiger partial charge in [-0.25, -0.2) is 9.31 Å². The van der Waals surface area contributed by atoms with E-state index in [4.69, 9.17) is 4.74 Å². The van der Waals surface area contributed by atoms with Gasteiger partial charge in [0.2, 0.25) is 0 Å². The number of nitrogens with zero attached hydrogens (tertiary/aromatic N) is 3. The number of hydrogen-bond donors (Lipinski definition) is 1. The maximum atomic E-state index is 12.2. The molecule has 0 radical (unpaired) electrons. The van der Waals surface area contributed by atoms with E-state index in [1.54, 1.807) is 50.8 Å². The van der Waals surface area contributed by atoms with Crippen LogP contribution in [0.2, 0.25) is 0 Å². The number of rotatable bonds is 3. The quantitative estimate of drug-likeness (QED) is 0.858. The number of carbonyl (C=O) groups excluding carboxylic acids is 2. The maximum absolute atomic E-state index is 12.2. The van der Waals surface area contributed by atoms with Crippen LogP contribution in [0.1, 0.15) is 38.1 Å². The average Bonchev–Trinajstić information content (AvgIpc) is 2.80. The summed E-state index contributed by atoms with van der Waals surface area (Å²) in [5, 5.41) is 6.65. The molecule has 112 valence electrons. The van der Waals surface area contributed by atoms with Gasteiger partial charge in [0.1, 0.15) is 11.6 Å². The first-order valence-corrected chi connectivity index (χ1v) is 6.59. The van der Waals surface area contributed by atoms with E-state index in [9.17, 15) is 9.59 Å². The van der Waals surface area contributed by atoms with Crippen molar-refractivity contribution in [1.82, 2.24) is 19.9 Å². The Kier molecular flexibility index (Phi) is 3.93. The average molecular weight is 290 g/mol. The fraction of sp³-hybridized carbons (Fsp3) is 0.429. The second-order valence-corrected chi connectivity index (χ2v) is 5.69. The molecule has 1 atom stereocenters. The van der Waals surface area contributed by atoms with Gasteiger partial charge in [0.15, 0.2) is 0 Å². The zero-order valence-electron chi connectivity index (χ0n) is 12.5. The molecule has 0 bridgehead atoms. The molecule has 2 aromatic rings. The molecule has 2 rings (SSSR count). The van der Waals surface area contributed by atoms with Gasteiger partial charge in [0, 0.05) is 12.4 Å². The fourth-order valence-corrected chi connectivity index (χ4v) is 1.73. The molecule has 0 spiro atoms. The molecule has 0 saturated heterocycles. The monoisotopic (exact) mass is 290 g/mol. The third kappa shape index (κ3) is 3.56. The predicted octanol–water partition coefficient (Wildman–Crippen LogP) is 1.19. The van der Waals surface area contributed by atoms with E-state index in [1.807, 2.05) is 0 Å². The first-order chi connectivity index (χ1) is 9.78. The molecule has 7 nitrogen and oxygen atoms in total. The van der Waals surface area contributed by atoms with E-state index >= 15 is 0 Å². The van der Waals surface area contributed by atoms with Crippen LogP contribution in [0.4, 0.5) is 0 Å². The summed E-state index contributed by atoms with van der Waals surface area (Å²) in [6.45, 7) is 6.90. The molecule has 0 aliphatic rings. The molecule has 0 unspecified atom stereocenters. The van der Waals surface area contributed by atoms with Crippen molar-refractivity contribution in [3.63, 3.8) is 0 Å². The molecule has 0 saturated carbocycles.